The third kappa shape index (κ3) is 9.20. The molecule has 4 nitrogen and oxygen atoms in total. The Bertz CT molecular complexity index is 173. The molecule has 0 aromatic heterocycles. The van der Waals surface area contributed by atoms with E-state index in [0.29, 0.717) is 12.2 Å². The minimum atomic E-state index is -0.753. The third-order valence-electron chi connectivity index (χ3n) is 1.44. The Balaban J connectivity index is 3.08. The first kappa shape index (κ1) is 12.3. The van der Waals surface area contributed by atoms with Crippen molar-refractivity contribution in [3.8, 4) is 0 Å². The molecular weight excluding hydrogens is 190 g/mol. The van der Waals surface area contributed by atoms with Crippen LogP contribution in [-0.2, 0) is 9.59 Å². The van der Waals surface area contributed by atoms with Crippen molar-refractivity contribution in [2.45, 2.75) is 19.3 Å². The van der Waals surface area contributed by atoms with Gasteiger partial charge in [0.05, 0.1) is 5.75 Å². The van der Waals surface area contributed by atoms with Crippen LogP contribution in [0.2, 0.25) is 0 Å². The number of carboxylic acids is 1. The zero-order valence-electron chi connectivity index (χ0n) is 7.71. The Hall–Kier alpha value is -0.710. The third-order valence-corrected chi connectivity index (χ3v) is 2.48. The van der Waals surface area contributed by atoms with Crippen molar-refractivity contribution >= 4 is 23.6 Å². The Kier molecular flexibility index (Phi) is 7.48. The minimum Gasteiger partial charge on any atom is -0.481 e. The van der Waals surface area contributed by atoms with Crippen LogP contribution in [0.15, 0.2) is 0 Å². The average molecular weight is 205 g/mol. The van der Waals surface area contributed by atoms with Crippen LogP contribution in [-0.4, -0.2) is 35.5 Å². The molecule has 0 aliphatic carbocycles. The van der Waals surface area contributed by atoms with Crippen molar-refractivity contribution in [1.29, 1.82) is 0 Å². The summed E-state index contributed by atoms with van der Waals surface area (Å²) >= 11 is 1.53. The molecule has 13 heavy (non-hydrogen) atoms. The molecule has 2 N–H and O–H groups in total. The first-order valence-electron chi connectivity index (χ1n) is 4.17. The number of hydrogen-bond acceptors (Lipinski definition) is 3. The predicted molar refractivity (Wildman–Crippen MR) is 52.9 cm³/mol. The van der Waals surface area contributed by atoms with Crippen LogP contribution in [0.25, 0.3) is 0 Å². The summed E-state index contributed by atoms with van der Waals surface area (Å²) in [5.41, 5.74) is 0. The zero-order chi connectivity index (χ0) is 10.1. The molecule has 0 bridgehead atoms. The highest BCUT2D eigenvalue weighted by molar-refractivity contribution is 7.99. The van der Waals surface area contributed by atoms with Crippen molar-refractivity contribution < 1.29 is 14.7 Å². The van der Waals surface area contributed by atoms with Gasteiger partial charge in [-0.2, -0.15) is 11.8 Å². The number of carbonyl (C=O) groups excluding carboxylic acids is 1. The van der Waals surface area contributed by atoms with Crippen molar-refractivity contribution in [2.75, 3.05) is 18.6 Å². The largest absolute Gasteiger partial charge is 0.481 e. The van der Waals surface area contributed by atoms with E-state index in [1.54, 1.807) is 7.05 Å². The molecule has 0 aromatic carbocycles. The molecule has 0 heterocycles. The molecule has 0 saturated heterocycles. The number of amides is 1. The molecule has 0 fully saturated rings. The van der Waals surface area contributed by atoms with E-state index < -0.39 is 5.97 Å². The molecule has 0 rings (SSSR count). The van der Waals surface area contributed by atoms with Gasteiger partial charge in [-0.1, -0.05) is 0 Å². The summed E-state index contributed by atoms with van der Waals surface area (Å²) in [5.74, 6) is 0.573. The summed E-state index contributed by atoms with van der Waals surface area (Å²) in [6, 6.07) is 0. The van der Waals surface area contributed by atoms with Gasteiger partial charge in [0, 0.05) is 13.5 Å². The number of unbranched alkanes of at least 4 members (excludes halogenated alkanes) is 1. The molecule has 1 amide bonds. The fraction of sp³-hybridized carbons (Fsp3) is 0.750. The van der Waals surface area contributed by atoms with Crippen LogP contribution in [0.4, 0.5) is 0 Å². The van der Waals surface area contributed by atoms with Crippen LogP contribution < -0.4 is 5.32 Å². The fourth-order valence-electron chi connectivity index (χ4n) is 0.717. The highest BCUT2D eigenvalue weighted by atomic mass is 32.2. The Labute approximate surface area is 82.1 Å². The first-order valence-corrected chi connectivity index (χ1v) is 5.32. The molecule has 0 atom stereocenters. The topological polar surface area (TPSA) is 66.4 Å². The molecule has 0 aromatic rings. The van der Waals surface area contributed by atoms with E-state index in [4.69, 9.17) is 5.11 Å². The second-order valence-electron chi connectivity index (χ2n) is 2.58. The van der Waals surface area contributed by atoms with Crippen LogP contribution in [0.5, 0.6) is 0 Å². The number of nitrogens with one attached hydrogen (secondary N) is 1. The number of hydrogen-bond donors (Lipinski definition) is 2. The summed E-state index contributed by atoms with van der Waals surface area (Å²) in [5, 5.41) is 10.8. The number of carboxylic acid groups (broad SMARTS) is 1. The van der Waals surface area contributed by atoms with E-state index in [-0.39, 0.29) is 12.3 Å². The summed E-state index contributed by atoms with van der Waals surface area (Å²) in [6.45, 7) is 0. The number of rotatable bonds is 7. The lowest BCUT2D eigenvalue weighted by Crippen LogP contribution is -2.19. The van der Waals surface area contributed by atoms with E-state index in [0.717, 1.165) is 12.2 Å². The minimum absolute atomic E-state index is 0.0169. The molecule has 5 heteroatoms. The Morgan fingerprint density at radius 1 is 1.38 bits per heavy atom. The lowest BCUT2D eigenvalue weighted by atomic mass is 10.3. The predicted octanol–water partition coefficient (Wildman–Crippen LogP) is 0.721. The van der Waals surface area contributed by atoms with Crippen LogP contribution in [0, 0.1) is 0 Å². The van der Waals surface area contributed by atoms with Gasteiger partial charge in [0.2, 0.25) is 5.91 Å². The Morgan fingerprint density at radius 2 is 2.08 bits per heavy atom. The second-order valence-corrected chi connectivity index (χ2v) is 3.68. The summed E-state index contributed by atoms with van der Waals surface area (Å²) < 4.78 is 0. The van der Waals surface area contributed by atoms with Crippen molar-refractivity contribution in [2.24, 2.45) is 0 Å². The van der Waals surface area contributed by atoms with Crippen LogP contribution >= 0.6 is 11.8 Å². The van der Waals surface area contributed by atoms with Gasteiger partial charge in [-0.25, -0.2) is 0 Å². The molecule has 0 saturated carbocycles. The van der Waals surface area contributed by atoms with E-state index in [1.165, 1.54) is 11.8 Å². The molecule has 0 aliphatic heterocycles. The van der Waals surface area contributed by atoms with E-state index >= 15 is 0 Å². The van der Waals surface area contributed by atoms with E-state index in [2.05, 4.69) is 5.32 Å². The van der Waals surface area contributed by atoms with Gasteiger partial charge in [-0.15, -0.1) is 0 Å². The summed E-state index contributed by atoms with van der Waals surface area (Å²) in [4.78, 5) is 20.8. The first-order chi connectivity index (χ1) is 6.16. The molecule has 0 spiro atoms. The van der Waals surface area contributed by atoms with Crippen LogP contribution in [0.3, 0.4) is 0 Å². The highest BCUT2D eigenvalue weighted by Gasteiger charge is 1.99. The van der Waals surface area contributed by atoms with Crippen molar-refractivity contribution in [3.63, 3.8) is 0 Å². The fourth-order valence-corrected chi connectivity index (χ4v) is 1.60. The zero-order valence-corrected chi connectivity index (χ0v) is 8.52. The molecule has 0 aliphatic rings. The SMILES string of the molecule is CNC(=O)CSCCCCC(=O)O. The lowest BCUT2D eigenvalue weighted by molar-refractivity contribution is -0.137. The normalized spacial score (nSPS) is 9.62. The molecule has 76 valence electrons. The van der Waals surface area contributed by atoms with Gasteiger partial charge < -0.3 is 10.4 Å². The monoisotopic (exact) mass is 205 g/mol. The quantitative estimate of drug-likeness (QED) is 0.601. The van der Waals surface area contributed by atoms with Gasteiger partial charge >= 0.3 is 5.97 Å². The van der Waals surface area contributed by atoms with E-state index in [9.17, 15) is 9.59 Å². The standard InChI is InChI=1S/C8H15NO3S/c1-9-7(10)6-13-5-3-2-4-8(11)12/h2-6H2,1H3,(H,9,10)(H,11,12). The van der Waals surface area contributed by atoms with Crippen LogP contribution in [0.1, 0.15) is 19.3 Å². The maximum atomic E-state index is 10.7. The molecule has 0 radical (unpaired) electrons. The average Bonchev–Trinajstić information content (AvgIpc) is 2.10. The number of aliphatic carboxylic acids is 1. The Morgan fingerprint density at radius 3 is 2.62 bits per heavy atom. The maximum absolute atomic E-state index is 10.7. The second kappa shape index (κ2) is 7.91. The van der Waals surface area contributed by atoms with Gasteiger partial charge in [0.15, 0.2) is 0 Å². The van der Waals surface area contributed by atoms with Gasteiger partial charge in [-0.3, -0.25) is 9.59 Å². The highest BCUT2D eigenvalue weighted by Crippen LogP contribution is 2.05. The summed E-state index contributed by atoms with van der Waals surface area (Å²) in [6.07, 6.45) is 1.77. The van der Waals surface area contributed by atoms with Crippen molar-refractivity contribution in [3.05, 3.63) is 0 Å². The van der Waals surface area contributed by atoms with Gasteiger partial charge in [-0.05, 0) is 18.6 Å². The molecule has 0 unspecified atom stereocenters. The molecular formula is C8H15NO3S. The smallest absolute Gasteiger partial charge is 0.303 e. The van der Waals surface area contributed by atoms with Gasteiger partial charge in [0.1, 0.15) is 0 Å². The van der Waals surface area contributed by atoms with E-state index in [1.807, 2.05) is 0 Å². The lowest BCUT2D eigenvalue weighted by Gasteiger charge is -1.99. The van der Waals surface area contributed by atoms with Gasteiger partial charge in [0.25, 0.3) is 0 Å². The number of thioether (sulfide) groups is 1. The number of carbonyl (C=O) groups is 2. The maximum Gasteiger partial charge on any atom is 0.303 e. The summed E-state index contributed by atoms with van der Waals surface area (Å²) in [7, 11) is 1.60. The van der Waals surface area contributed by atoms with Crippen molar-refractivity contribution in [1.82, 2.24) is 5.32 Å².